The molecular weight excluding hydrogens is 208 g/mol. The fraction of sp³-hybridized carbons (Fsp3) is 0.455. The molecule has 88 valence electrons. The van der Waals surface area contributed by atoms with E-state index in [1.54, 1.807) is 12.1 Å². The van der Waals surface area contributed by atoms with Crippen LogP contribution in [0.4, 0.5) is 0 Å². The molecule has 0 bridgehead atoms. The van der Waals surface area contributed by atoms with Crippen LogP contribution in [0.3, 0.4) is 0 Å². The molecule has 5 nitrogen and oxygen atoms in total. The lowest BCUT2D eigenvalue weighted by atomic mass is 10.3. The molecule has 1 heterocycles. The summed E-state index contributed by atoms with van der Waals surface area (Å²) in [5.41, 5.74) is 0.00473. The molecule has 0 aliphatic carbocycles. The van der Waals surface area contributed by atoms with Gasteiger partial charge >= 0.3 is 5.97 Å². The Labute approximate surface area is 94.7 Å². The van der Waals surface area contributed by atoms with E-state index in [1.165, 1.54) is 6.07 Å². The number of nitrogens with zero attached hydrogens (tertiary/aromatic N) is 2. The Hall–Kier alpha value is -1.62. The number of hydrogen-bond acceptors (Lipinski definition) is 4. The van der Waals surface area contributed by atoms with Gasteiger partial charge in [0, 0.05) is 12.6 Å². The maximum atomic E-state index is 10.6. The van der Waals surface area contributed by atoms with Crippen molar-refractivity contribution in [2.75, 3.05) is 27.2 Å². The van der Waals surface area contributed by atoms with Crippen LogP contribution in [0.2, 0.25) is 0 Å². The van der Waals surface area contributed by atoms with Crippen LogP contribution in [-0.4, -0.2) is 48.2 Å². The van der Waals surface area contributed by atoms with Gasteiger partial charge in [0.1, 0.15) is 0 Å². The standard InChI is InChI=1S/C11H16N2O3/c1-13(2)7-4-8-16-10-6-3-5-9(12-10)11(14)15/h3,5-6H,4,7-8H2,1-2H3,(H,14,15). The average molecular weight is 224 g/mol. The van der Waals surface area contributed by atoms with E-state index in [1.807, 2.05) is 14.1 Å². The first-order chi connectivity index (χ1) is 7.59. The molecular formula is C11H16N2O3. The van der Waals surface area contributed by atoms with Crippen LogP contribution in [0.15, 0.2) is 18.2 Å². The van der Waals surface area contributed by atoms with E-state index < -0.39 is 5.97 Å². The van der Waals surface area contributed by atoms with Gasteiger partial charge in [-0.15, -0.1) is 0 Å². The lowest BCUT2D eigenvalue weighted by Crippen LogP contribution is -2.15. The third-order valence-electron chi connectivity index (χ3n) is 1.94. The van der Waals surface area contributed by atoms with Gasteiger partial charge in [0.25, 0.3) is 0 Å². The summed E-state index contributed by atoms with van der Waals surface area (Å²) < 4.78 is 5.35. The summed E-state index contributed by atoms with van der Waals surface area (Å²) in [4.78, 5) is 16.6. The number of ether oxygens (including phenoxy) is 1. The molecule has 0 aliphatic heterocycles. The number of pyridine rings is 1. The number of carboxylic acids is 1. The molecule has 0 atom stereocenters. The van der Waals surface area contributed by atoms with Crippen molar-refractivity contribution in [3.8, 4) is 5.88 Å². The molecule has 16 heavy (non-hydrogen) atoms. The Morgan fingerprint density at radius 1 is 1.50 bits per heavy atom. The molecule has 0 fully saturated rings. The van der Waals surface area contributed by atoms with Crippen LogP contribution >= 0.6 is 0 Å². The highest BCUT2D eigenvalue weighted by molar-refractivity contribution is 5.85. The van der Waals surface area contributed by atoms with E-state index in [0.717, 1.165) is 13.0 Å². The second-order valence-corrected chi connectivity index (χ2v) is 3.67. The molecule has 1 N–H and O–H groups in total. The predicted molar refractivity (Wildman–Crippen MR) is 59.9 cm³/mol. The number of aromatic nitrogens is 1. The molecule has 0 unspecified atom stereocenters. The third-order valence-corrected chi connectivity index (χ3v) is 1.94. The Kier molecular flexibility index (Phi) is 4.72. The third kappa shape index (κ3) is 4.27. The summed E-state index contributed by atoms with van der Waals surface area (Å²) >= 11 is 0. The molecule has 0 aromatic carbocycles. The molecule has 0 spiro atoms. The molecule has 1 aromatic rings. The van der Waals surface area contributed by atoms with Gasteiger partial charge in [-0.3, -0.25) is 0 Å². The summed E-state index contributed by atoms with van der Waals surface area (Å²) in [6.45, 7) is 1.47. The number of hydrogen-bond donors (Lipinski definition) is 1. The smallest absolute Gasteiger partial charge is 0.354 e. The summed E-state index contributed by atoms with van der Waals surface area (Å²) in [5.74, 6) is -0.683. The molecule has 0 amide bonds. The van der Waals surface area contributed by atoms with Gasteiger partial charge in [0.2, 0.25) is 5.88 Å². The minimum absolute atomic E-state index is 0.00473. The van der Waals surface area contributed by atoms with Gasteiger partial charge in [-0.05, 0) is 26.6 Å². The van der Waals surface area contributed by atoms with Crippen molar-refractivity contribution in [2.45, 2.75) is 6.42 Å². The molecule has 0 saturated heterocycles. The van der Waals surface area contributed by atoms with Crippen molar-refractivity contribution in [3.63, 3.8) is 0 Å². The minimum atomic E-state index is -1.04. The fourth-order valence-electron chi connectivity index (χ4n) is 1.17. The summed E-state index contributed by atoms with van der Waals surface area (Å²) in [6, 6.07) is 4.72. The maximum absolute atomic E-state index is 10.6. The van der Waals surface area contributed by atoms with Gasteiger partial charge in [0.15, 0.2) is 5.69 Å². The second-order valence-electron chi connectivity index (χ2n) is 3.67. The summed E-state index contributed by atoms with van der Waals surface area (Å²) in [6.07, 6.45) is 0.881. The summed E-state index contributed by atoms with van der Waals surface area (Å²) in [7, 11) is 3.98. The first-order valence-corrected chi connectivity index (χ1v) is 5.07. The Bertz CT molecular complexity index is 353. The Morgan fingerprint density at radius 3 is 2.88 bits per heavy atom. The van der Waals surface area contributed by atoms with Crippen LogP contribution in [0.1, 0.15) is 16.9 Å². The number of rotatable bonds is 6. The highest BCUT2D eigenvalue weighted by atomic mass is 16.5. The zero-order valence-corrected chi connectivity index (χ0v) is 9.51. The van der Waals surface area contributed by atoms with E-state index in [0.29, 0.717) is 12.5 Å². The van der Waals surface area contributed by atoms with Crippen molar-refractivity contribution >= 4 is 5.97 Å². The molecule has 5 heteroatoms. The zero-order chi connectivity index (χ0) is 12.0. The SMILES string of the molecule is CN(C)CCCOc1cccc(C(=O)O)n1. The largest absolute Gasteiger partial charge is 0.478 e. The number of carboxylic acid groups (broad SMARTS) is 1. The monoisotopic (exact) mass is 224 g/mol. The molecule has 1 rings (SSSR count). The van der Waals surface area contributed by atoms with E-state index >= 15 is 0 Å². The normalized spacial score (nSPS) is 10.4. The van der Waals surface area contributed by atoms with E-state index in [4.69, 9.17) is 9.84 Å². The van der Waals surface area contributed by atoms with Crippen LogP contribution in [0.5, 0.6) is 5.88 Å². The topological polar surface area (TPSA) is 62.7 Å². The van der Waals surface area contributed by atoms with Crippen LogP contribution in [-0.2, 0) is 0 Å². The van der Waals surface area contributed by atoms with Gasteiger partial charge < -0.3 is 14.7 Å². The van der Waals surface area contributed by atoms with Crippen molar-refractivity contribution in [1.82, 2.24) is 9.88 Å². The van der Waals surface area contributed by atoms with E-state index in [2.05, 4.69) is 9.88 Å². The lowest BCUT2D eigenvalue weighted by molar-refractivity contribution is 0.0689. The lowest BCUT2D eigenvalue weighted by Gasteiger charge is -2.09. The average Bonchev–Trinajstić information content (AvgIpc) is 2.24. The maximum Gasteiger partial charge on any atom is 0.354 e. The first-order valence-electron chi connectivity index (χ1n) is 5.07. The first kappa shape index (κ1) is 12.4. The Balaban J connectivity index is 2.42. The molecule has 1 aromatic heterocycles. The van der Waals surface area contributed by atoms with Gasteiger partial charge in [-0.25, -0.2) is 9.78 Å². The van der Waals surface area contributed by atoms with E-state index in [9.17, 15) is 4.79 Å². The van der Waals surface area contributed by atoms with Gasteiger partial charge in [-0.2, -0.15) is 0 Å². The number of aromatic carboxylic acids is 1. The minimum Gasteiger partial charge on any atom is -0.478 e. The molecule has 0 aliphatic rings. The highest BCUT2D eigenvalue weighted by Crippen LogP contribution is 2.07. The molecule has 0 radical (unpaired) electrons. The zero-order valence-electron chi connectivity index (χ0n) is 9.51. The van der Waals surface area contributed by atoms with Crippen LogP contribution in [0, 0.1) is 0 Å². The quantitative estimate of drug-likeness (QED) is 0.733. The number of carbonyl (C=O) groups is 1. The van der Waals surface area contributed by atoms with Crippen molar-refractivity contribution in [3.05, 3.63) is 23.9 Å². The predicted octanol–water partition coefficient (Wildman–Crippen LogP) is 1.11. The van der Waals surface area contributed by atoms with Crippen molar-refractivity contribution < 1.29 is 14.6 Å². The van der Waals surface area contributed by atoms with Crippen LogP contribution < -0.4 is 4.74 Å². The highest BCUT2D eigenvalue weighted by Gasteiger charge is 2.05. The Morgan fingerprint density at radius 2 is 2.25 bits per heavy atom. The molecule has 0 saturated carbocycles. The second kappa shape index (κ2) is 6.07. The van der Waals surface area contributed by atoms with Crippen LogP contribution in [0.25, 0.3) is 0 Å². The summed E-state index contributed by atoms with van der Waals surface area (Å²) in [5, 5.41) is 8.73. The van der Waals surface area contributed by atoms with Crippen molar-refractivity contribution in [1.29, 1.82) is 0 Å². The van der Waals surface area contributed by atoms with E-state index in [-0.39, 0.29) is 5.69 Å². The fourth-order valence-corrected chi connectivity index (χ4v) is 1.17. The van der Waals surface area contributed by atoms with Gasteiger partial charge in [0.05, 0.1) is 6.61 Å². The van der Waals surface area contributed by atoms with Gasteiger partial charge in [-0.1, -0.05) is 6.07 Å². The van der Waals surface area contributed by atoms with Crippen molar-refractivity contribution in [2.24, 2.45) is 0 Å².